The van der Waals surface area contributed by atoms with Crippen LogP contribution in [0.1, 0.15) is 37.6 Å². The van der Waals surface area contributed by atoms with Crippen molar-refractivity contribution in [3.8, 4) is 0 Å². The topological polar surface area (TPSA) is 42.3 Å². The summed E-state index contributed by atoms with van der Waals surface area (Å²) < 4.78 is 7.24. The number of hydrogen-bond acceptors (Lipinski definition) is 4. The highest BCUT2D eigenvalue weighted by Crippen LogP contribution is 2.19. The summed E-state index contributed by atoms with van der Waals surface area (Å²) >= 11 is 0. The van der Waals surface area contributed by atoms with E-state index >= 15 is 0 Å². The van der Waals surface area contributed by atoms with Crippen LogP contribution in [0.3, 0.4) is 0 Å². The second kappa shape index (κ2) is 8.51. The van der Waals surface area contributed by atoms with E-state index in [1.54, 1.807) is 7.11 Å². The number of hydrogen-bond donors (Lipinski definition) is 1. The van der Waals surface area contributed by atoms with Crippen LogP contribution in [0.15, 0.2) is 6.07 Å². The maximum atomic E-state index is 5.10. The normalized spacial score (nSPS) is 20.0. The van der Waals surface area contributed by atoms with Crippen LogP contribution < -0.4 is 5.32 Å². The molecule has 1 atom stereocenters. The van der Waals surface area contributed by atoms with Gasteiger partial charge in [-0.15, -0.1) is 0 Å². The maximum Gasteiger partial charge on any atom is 0.0597 e. The molecular weight excluding hydrogens is 264 g/mol. The van der Waals surface area contributed by atoms with Crippen LogP contribution in [-0.4, -0.2) is 54.1 Å². The first-order valence-electron chi connectivity index (χ1n) is 8.21. The number of aromatic nitrogens is 2. The minimum absolute atomic E-state index is 0.635. The van der Waals surface area contributed by atoms with E-state index in [1.165, 1.54) is 31.5 Å². The molecule has 120 valence electrons. The highest BCUT2D eigenvalue weighted by atomic mass is 16.5. The van der Waals surface area contributed by atoms with Crippen LogP contribution in [0.25, 0.3) is 0 Å². The SMILES string of the molecule is CCn1nc(C)cc1CN1CCCCC1CNCCOC. The van der Waals surface area contributed by atoms with Crippen molar-refractivity contribution in [2.45, 2.75) is 52.2 Å². The number of nitrogens with one attached hydrogen (secondary N) is 1. The van der Waals surface area contributed by atoms with Crippen molar-refractivity contribution in [3.05, 3.63) is 17.5 Å². The Kier molecular flexibility index (Phi) is 6.67. The molecule has 0 amide bonds. The minimum atomic E-state index is 0.635. The van der Waals surface area contributed by atoms with Gasteiger partial charge in [0.25, 0.3) is 0 Å². The zero-order valence-corrected chi connectivity index (χ0v) is 13.8. The third kappa shape index (κ3) is 4.80. The summed E-state index contributed by atoms with van der Waals surface area (Å²) in [6.07, 6.45) is 3.95. The first-order valence-corrected chi connectivity index (χ1v) is 8.21. The first-order chi connectivity index (χ1) is 10.2. The number of methoxy groups -OCH3 is 1. The van der Waals surface area contributed by atoms with Crippen molar-refractivity contribution in [1.29, 1.82) is 0 Å². The van der Waals surface area contributed by atoms with Crippen molar-refractivity contribution >= 4 is 0 Å². The molecule has 1 aliphatic rings. The Balaban J connectivity index is 1.91. The van der Waals surface area contributed by atoms with Gasteiger partial charge < -0.3 is 10.1 Å². The monoisotopic (exact) mass is 294 g/mol. The lowest BCUT2D eigenvalue weighted by Crippen LogP contribution is -2.45. The predicted molar refractivity (Wildman–Crippen MR) is 85.4 cm³/mol. The Morgan fingerprint density at radius 3 is 3.05 bits per heavy atom. The molecule has 0 aliphatic carbocycles. The van der Waals surface area contributed by atoms with E-state index in [0.29, 0.717) is 6.04 Å². The number of rotatable bonds is 8. The second-order valence-corrected chi connectivity index (χ2v) is 5.91. The van der Waals surface area contributed by atoms with Crippen LogP contribution in [0.4, 0.5) is 0 Å². The van der Waals surface area contributed by atoms with Crippen LogP contribution >= 0.6 is 0 Å². The van der Waals surface area contributed by atoms with E-state index in [1.807, 2.05) is 0 Å². The standard InChI is InChI=1S/C16H30N4O/c1-4-20-16(11-14(2)18-20)13-19-9-6-5-7-15(19)12-17-8-10-21-3/h11,15,17H,4-10,12-13H2,1-3H3. The zero-order valence-electron chi connectivity index (χ0n) is 13.8. The molecule has 0 aromatic carbocycles. The summed E-state index contributed by atoms with van der Waals surface area (Å²) in [6, 6.07) is 2.86. The average molecular weight is 294 g/mol. The number of piperidine rings is 1. The smallest absolute Gasteiger partial charge is 0.0597 e. The van der Waals surface area contributed by atoms with E-state index < -0.39 is 0 Å². The molecule has 1 N–H and O–H groups in total. The predicted octanol–water partition coefficient (Wildman–Crippen LogP) is 1.80. The molecule has 2 heterocycles. The minimum Gasteiger partial charge on any atom is -0.383 e. The Hall–Kier alpha value is -0.910. The largest absolute Gasteiger partial charge is 0.383 e. The summed E-state index contributed by atoms with van der Waals surface area (Å²) in [5.74, 6) is 0. The van der Waals surface area contributed by atoms with Crippen molar-refractivity contribution in [3.63, 3.8) is 0 Å². The van der Waals surface area contributed by atoms with Crippen molar-refractivity contribution in [1.82, 2.24) is 20.0 Å². The zero-order chi connectivity index (χ0) is 15.1. The summed E-state index contributed by atoms with van der Waals surface area (Å²) in [4.78, 5) is 2.62. The second-order valence-electron chi connectivity index (χ2n) is 5.91. The molecule has 0 spiro atoms. The number of likely N-dealkylation sites (tertiary alicyclic amines) is 1. The Bertz CT molecular complexity index is 418. The van der Waals surface area contributed by atoms with Gasteiger partial charge in [-0.1, -0.05) is 6.42 Å². The van der Waals surface area contributed by atoms with E-state index in [4.69, 9.17) is 4.74 Å². The highest BCUT2D eigenvalue weighted by molar-refractivity contribution is 5.09. The van der Waals surface area contributed by atoms with Crippen LogP contribution in [0, 0.1) is 6.92 Å². The summed E-state index contributed by atoms with van der Waals surface area (Å²) in [6.45, 7) is 10.2. The van der Waals surface area contributed by atoms with Gasteiger partial charge in [0.15, 0.2) is 0 Å². The summed E-state index contributed by atoms with van der Waals surface area (Å²) in [5, 5.41) is 8.08. The Morgan fingerprint density at radius 2 is 2.29 bits per heavy atom. The van der Waals surface area contributed by atoms with Gasteiger partial charge in [-0.05, 0) is 39.3 Å². The number of aryl methyl sites for hydroxylation is 2. The molecule has 1 saturated heterocycles. The van der Waals surface area contributed by atoms with Crippen molar-refractivity contribution < 1.29 is 4.74 Å². The van der Waals surface area contributed by atoms with Crippen molar-refractivity contribution in [2.75, 3.05) is 33.4 Å². The van der Waals surface area contributed by atoms with E-state index in [2.05, 4.69) is 39.9 Å². The van der Waals surface area contributed by atoms with Gasteiger partial charge in [-0.3, -0.25) is 9.58 Å². The van der Waals surface area contributed by atoms with Gasteiger partial charge in [0.1, 0.15) is 0 Å². The van der Waals surface area contributed by atoms with E-state index in [9.17, 15) is 0 Å². The van der Waals surface area contributed by atoms with Crippen molar-refractivity contribution in [2.24, 2.45) is 0 Å². The lowest BCUT2D eigenvalue weighted by Gasteiger charge is -2.36. The number of nitrogens with zero attached hydrogens (tertiary/aromatic N) is 3. The molecule has 1 fully saturated rings. The third-order valence-electron chi connectivity index (χ3n) is 4.26. The van der Waals surface area contributed by atoms with Gasteiger partial charge in [0.05, 0.1) is 18.0 Å². The molecule has 1 unspecified atom stereocenters. The van der Waals surface area contributed by atoms with E-state index in [-0.39, 0.29) is 0 Å². The van der Waals surface area contributed by atoms with Gasteiger partial charge in [-0.25, -0.2) is 0 Å². The molecule has 5 nitrogen and oxygen atoms in total. The van der Waals surface area contributed by atoms with Gasteiger partial charge >= 0.3 is 0 Å². The average Bonchev–Trinajstić information content (AvgIpc) is 2.85. The number of ether oxygens (including phenoxy) is 1. The lowest BCUT2D eigenvalue weighted by atomic mass is 10.0. The van der Waals surface area contributed by atoms with Gasteiger partial charge in [-0.2, -0.15) is 5.10 Å². The Labute approximate surface area is 128 Å². The molecule has 2 rings (SSSR count). The molecule has 1 aliphatic heterocycles. The fourth-order valence-corrected chi connectivity index (χ4v) is 3.15. The van der Waals surface area contributed by atoms with Crippen LogP contribution in [0.5, 0.6) is 0 Å². The van der Waals surface area contributed by atoms with Crippen LogP contribution in [-0.2, 0) is 17.8 Å². The van der Waals surface area contributed by atoms with Gasteiger partial charge in [0.2, 0.25) is 0 Å². The lowest BCUT2D eigenvalue weighted by molar-refractivity contribution is 0.129. The first kappa shape index (κ1) is 16.5. The van der Waals surface area contributed by atoms with E-state index in [0.717, 1.165) is 38.5 Å². The van der Waals surface area contributed by atoms with Crippen LogP contribution in [0.2, 0.25) is 0 Å². The molecule has 21 heavy (non-hydrogen) atoms. The molecular formula is C16H30N4O. The van der Waals surface area contributed by atoms with Gasteiger partial charge in [0, 0.05) is 39.3 Å². The molecule has 0 saturated carbocycles. The fraction of sp³-hybridized carbons (Fsp3) is 0.812. The third-order valence-corrected chi connectivity index (χ3v) is 4.26. The summed E-state index contributed by atoms with van der Waals surface area (Å²) in [7, 11) is 1.75. The molecule has 0 bridgehead atoms. The maximum absolute atomic E-state index is 5.10. The highest BCUT2D eigenvalue weighted by Gasteiger charge is 2.23. The fourth-order valence-electron chi connectivity index (χ4n) is 3.15. The molecule has 1 aromatic heterocycles. The summed E-state index contributed by atoms with van der Waals surface area (Å²) in [5.41, 5.74) is 2.47. The molecule has 0 radical (unpaired) electrons. The molecule has 1 aromatic rings. The molecule has 5 heteroatoms. The Morgan fingerprint density at radius 1 is 1.43 bits per heavy atom. The quantitative estimate of drug-likeness (QED) is 0.743.